The van der Waals surface area contributed by atoms with Crippen LogP contribution in [-0.2, 0) is 16.0 Å². The summed E-state index contributed by atoms with van der Waals surface area (Å²) in [6.07, 6.45) is 0.995. The number of carbonyl (C=O) groups is 1. The Kier molecular flexibility index (Phi) is 5.42. The fourth-order valence-electron chi connectivity index (χ4n) is 2.31. The average Bonchev–Trinajstić information content (AvgIpc) is 2.55. The molecular formula is C18H22N2O2. The van der Waals surface area contributed by atoms with Crippen molar-refractivity contribution in [3.8, 4) is 0 Å². The van der Waals surface area contributed by atoms with Gasteiger partial charge in [-0.05, 0) is 36.6 Å². The number of nitrogen functional groups attached to an aromatic ring is 1. The van der Waals surface area contributed by atoms with Crippen LogP contribution in [-0.4, -0.2) is 13.1 Å². The summed E-state index contributed by atoms with van der Waals surface area (Å²) in [7, 11) is 1.40. The van der Waals surface area contributed by atoms with Crippen LogP contribution in [0.1, 0.15) is 30.5 Å². The van der Waals surface area contributed by atoms with E-state index in [-0.39, 0.29) is 12.0 Å². The highest BCUT2D eigenvalue weighted by Crippen LogP contribution is 2.25. The molecule has 0 bridgehead atoms. The largest absolute Gasteiger partial charge is 0.469 e. The van der Waals surface area contributed by atoms with Gasteiger partial charge in [-0.15, -0.1) is 0 Å². The van der Waals surface area contributed by atoms with Crippen molar-refractivity contribution in [2.45, 2.75) is 25.8 Å². The Morgan fingerprint density at radius 1 is 1.23 bits per heavy atom. The zero-order valence-corrected chi connectivity index (χ0v) is 13.0. The van der Waals surface area contributed by atoms with Crippen molar-refractivity contribution in [1.29, 1.82) is 0 Å². The summed E-state index contributed by atoms with van der Waals surface area (Å²) in [5.74, 6) is -0.210. The summed E-state index contributed by atoms with van der Waals surface area (Å²) in [5.41, 5.74) is 9.93. The number of hydrogen-bond acceptors (Lipinski definition) is 4. The van der Waals surface area contributed by atoms with Crippen LogP contribution in [0.15, 0.2) is 48.5 Å². The second kappa shape index (κ2) is 7.50. The summed E-state index contributed by atoms with van der Waals surface area (Å²) in [6, 6.07) is 16.2. The van der Waals surface area contributed by atoms with Crippen LogP contribution < -0.4 is 11.1 Å². The second-order valence-corrected chi connectivity index (χ2v) is 5.27. The predicted octanol–water partition coefficient (Wildman–Crippen LogP) is 3.55. The van der Waals surface area contributed by atoms with Gasteiger partial charge < -0.3 is 15.8 Å². The van der Waals surface area contributed by atoms with E-state index in [4.69, 9.17) is 5.73 Å². The summed E-state index contributed by atoms with van der Waals surface area (Å²) in [5, 5.41) is 3.41. The van der Waals surface area contributed by atoms with Gasteiger partial charge in [0.05, 0.1) is 18.5 Å². The van der Waals surface area contributed by atoms with Crippen LogP contribution in [0.3, 0.4) is 0 Å². The van der Waals surface area contributed by atoms with Crippen LogP contribution in [0.4, 0.5) is 11.4 Å². The average molecular weight is 298 g/mol. The lowest BCUT2D eigenvalue weighted by molar-refractivity contribution is -0.140. The third-order valence-electron chi connectivity index (χ3n) is 3.63. The van der Waals surface area contributed by atoms with E-state index >= 15 is 0 Å². The molecule has 0 fully saturated rings. The maximum absolute atomic E-state index is 11.2. The minimum Gasteiger partial charge on any atom is -0.469 e. The Hall–Kier alpha value is -2.49. The zero-order valence-electron chi connectivity index (χ0n) is 13.0. The highest BCUT2D eigenvalue weighted by Gasteiger charge is 2.08. The molecule has 0 radical (unpaired) electrons. The van der Waals surface area contributed by atoms with Gasteiger partial charge in [-0.2, -0.15) is 0 Å². The van der Waals surface area contributed by atoms with Gasteiger partial charge in [0, 0.05) is 12.5 Å². The molecule has 0 aliphatic heterocycles. The van der Waals surface area contributed by atoms with Gasteiger partial charge in [-0.3, -0.25) is 4.79 Å². The third-order valence-corrected chi connectivity index (χ3v) is 3.63. The maximum atomic E-state index is 11.2. The number of anilines is 2. The zero-order chi connectivity index (χ0) is 15.9. The predicted molar refractivity (Wildman–Crippen MR) is 89.7 cm³/mol. The highest BCUT2D eigenvalue weighted by molar-refractivity contribution is 5.70. The van der Waals surface area contributed by atoms with Gasteiger partial charge in [-0.25, -0.2) is 0 Å². The standard InChI is InChI=1S/C18H22N2O2/c1-13(15-6-4-3-5-7-15)20-17-10-8-14(12-16(17)19)9-11-18(21)22-2/h3-8,10,12-13,20H,9,11,19H2,1-2H3/t13-/m0/s1. The molecule has 1 atom stereocenters. The third kappa shape index (κ3) is 4.25. The lowest BCUT2D eigenvalue weighted by atomic mass is 10.1. The molecule has 0 aliphatic carbocycles. The monoisotopic (exact) mass is 298 g/mol. The summed E-state index contributed by atoms with van der Waals surface area (Å²) < 4.78 is 4.64. The number of carbonyl (C=O) groups excluding carboxylic acids is 1. The fourth-order valence-corrected chi connectivity index (χ4v) is 2.31. The van der Waals surface area contributed by atoms with Crippen LogP contribution >= 0.6 is 0 Å². The van der Waals surface area contributed by atoms with Crippen molar-refractivity contribution >= 4 is 17.3 Å². The van der Waals surface area contributed by atoms with Gasteiger partial charge in [0.25, 0.3) is 0 Å². The number of aryl methyl sites for hydroxylation is 1. The molecule has 2 aromatic carbocycles. The molecule has 0 unspecified atom stereocenters. The molecule has 0 aromatic heterocycles. The first-order valence-corrected chi connectivity index (χ1v) is 7.37. The lowest BCUT2D eigenvalue weighted by Crippen LogP contribution is -2.08. The Bertz CT molecular complexity index is 626. The first-order valence-electron chi connectivity index (χ1n) is 7.37. The van der Waals surface area contributed by atoms with E-state index in [9.17, 15) is 4.79 Å². The number of methoxy groups -OCH3 is 1. The minimum absolute atomic E-state index is 0.171. The molecule has 0 aliphatic rings. The number of ether oxygens (including phenoxy) is 1. The topological polar surface area (TPSA) is 64.3 Å². The number of rotatable bonds is 6. The van der Waals surface area contributed by atoms with Gasteiger partial charge in [0.1, 0.15) is 0 Å². The molecule has 0 saturated heterocycles. The van der Waals surface area contributed by atoms with Crippen molar-refractivity contribution in [3.63, 3.8) is 0 Å². The number of benzene rings is 2. The van der Waals surface area contributed by atoms with E-state index in [0.29, 0.717) is 18.5 Å². The quantitative estimate of drug-likeness (QED) is 0.632. The first kappa shape index (κ1) is 15.9. The van der Waals surface area contributed by atoms with Crippen molar-refractivity contribution in [3.05, 3.63) is 59.7 Å². The number of hydrogen-bond donors (Lipinski definition) is 2. The van der Waals surface area contributed by atoms with E-state index in [2.05, 4.69) is 29.1 Å². The van der Waals surface area contributed by atoms with Gasteiger partial charge >= 0.3 is 5.97 Å². The molecule has 2 aromatic rings. The molecule has 0 saturated carbocycles. The Morgan fingerprint density at radius 2 is 1.95 bits per heavy atom. The molecule has 22 heavy (non-hydrogen) atoms. The van der Waals surface area contributed by atoms with E-state index in [0.717, 1.165) is 11.3 Å². The normalized spacial score (nSPS) is 11.7. The minimum atomic E-state index is -0.210. The molecule has 116 valence electrons. The SMILES string of the molecule is COC(=O)CCc1ccc(N[C@@H](C)c2ccccc2)c(N)c1. The van der Waals surface area contributed by atoms with Crippen LogP contribution in [0.5, 0.6) is 0 Å². The molecule has 0 heterocycles. The van der Waals surface area contributed by atoms with E-state index in [1.54, 1.807) is 0 Å². The first-order chi connectivity index (χ1) is 10.6. The Morgan fingerprint density at radius 3 is 2.59 bits per heavy atom. The second-order valence-electron chi connectivity index (χ2n) is 5.27. The molecule has 2 rings (SSSR count). The highest BCUT2D eigenvalue weighted by atomic mass is 16.5. The summed E-state index contributed by atoms with van der Waals surface area (Å²) >= 11 is 0. The van der Waals surface area contributed by atoms with Crippen LogP contribution in [0, 0.1) is 0 Å². The van der Waals surface area contributed by atoms with E-state index < -0.39 is 0 Å². The lowest BCUT2D eigenvalue weighted by Gasteiger charge is -2.17. The molecule has 3 N–H and O–H groups in total. The molecule has 4 heteroatoms. The van der Waals surface area contributed by atoms with Gasteiger partial charge in [-0.1, -0.05) is 36.4 Å². The Labute approximate surface area is 131 Å². The summed E-state index contributed by atoms with van der Waals surface area (Å²) in [6.45, 7) is 2.10. The number of esters is 1. The van der Waals surface area contributed by atoms with Crippen molar-refractivity contribution < 1.29 is 9.53 Å². The fraction of sp³-hybridized carbons (Fsp3) is 0.278. The van der Waals surface area contributed by atoms with Gasteiger partial charge in [0.15, 0.2) is 0 Å². The number of nitrogens with one attached hydrogen (secondary N) is 1. The van der Waals surface area contributed by atoms with E-state index in [1.807, 2.05) is 36.4 Å². The van der Waals surface area contributed by atoms with Crippen molar-refractivity contribution in [2.75, 3.05) is 18.2 Å². The molecular weight excluding hydrogens is 276 g/mol. The maximum Gasteiger partial charge on any atom is 0.305 e. The summed E-state index contributed by atoms with van der Waals surface area (Å²) in [4.78, 5) is 11.2. The molecule has 0 amide bonds. The number of nitrogens with two attached hydrogens (primary N) is 1. The van der Waals surface area contributed by atoms with Gasteiger partial charge in [0.2, 0.25) is 0 Å². The van der Waals surface area contributed by atoms with Crippen LogP contribution in [0.25, 0.3) is 0 Å². The Balaban J connectivity index is 2.02. The molecule has 0 spiro atoms. The molecule has 4 nitrogen and oxygen atoms in total. The van der Waals surface area contributed by atoms with Crippen molar-refractivity contribution in [2.24, 2.45) is 0 Å². The van der Waals surface area contributed by atoms with Crippen molar-refractivity contribution in [1.82, 2.24) is 0 Å². The van der Waals surface area contributed by atoms with Crippen LogP contribution in [0.2, 0.25) is 0 Å². The van der Waals surface area contributed by atoms with E-state index in [1.165, 1.54) is 12.7 Å². The smallest absolute Gasteiger partial charge is 0.305 e.